The summed E-state index contributed by atoms with van der Waals surface area (Å²) in [6.07, 6.45) is 4.23. The summed E-state index contributed by atoms with van der Waals surface area (Å²) in [7, 11) is 0. The molecule has 6 nitrogen and oxygen atoms in total. The summed E-state index contributed by atoms with van der Waals surface area (Å²) in [5.41, 5.74) is 0. The zero-order valence-electron chi connectivity index (χ0n) is 15.6. The van der Waals surface area contributed by atoms with E-state index in [9.17, 15) is 4.79 Å². The summed E-state index contributed by atoms with van der Waals surface area (Å²) in [6.45, 7) is 7.25. The Morgan fingerprint density at radius 2 is 2.31 bits per heavy atom. The number of carbonyl (C=O) groups is 1. The van der Waals surface area contributed by atoms with Gasteiger partial charge in [0.1, 0.15) is 5.82 Å². The lowest BCUT2D eigenvalue weighted by Crippen LogP contribution is -2.42. The minimum absolute atomic E-state index is 0.0918. The van der Waals surface area contributed by atoms with Crippen LogP contribution in [0, 0.1) is 0 Å². The molecule has 0 aliphatic carbocycles. The van der Waals surface area contributed by atoms with E-state index in [0.717, 1.165) is 36.9 Å². The number of carbonyl (C=O) groups excluding carboxylic acids is 1. The summed E-state index contributed by atoms with van der Waals surface area (Å²) < 4.78 is 2.25. The normalized spacial score (nSPS) is 18.4. The first-order valence-corrected chi connectivity index (χ1v) is 11.2. The lowest BCUT2D eigenvalue weighted by molar-refractivity contribution is -0.122. The Hall–Kier alpha value is -1.38. The number of hydrogen-bond donors (Lipinski definition) is 1. The Labute approximate surface area is 163 Å². The molecule has 1 unspecified atom stereocenters. The third-order valence-corrected chi connectivity index (χ3v) is 6.19. The van der Waals surface area contributed by atoms with E-state index in [1.165, 1.54) is 4.88 Å². The highest BCUT2D eigenvalue weighted by Gasteiger charge is 2.28. The van der Waals surface area contributed by atoms with Crippen LogP contribution in [0.5, 0.6) is 0 Å². The molecule has 2 aromatic heterocycles. The average molecular weight is 394 g/mol. The fraction of sp³-hybridized carbons (Fsp3) is 0.611. The van der Waals surface area contributed by atoms with Crippen LogP contribution in [0.1, 0.15) is 49.4 Å². The largest absolute Gasteiger partial charge is 0.350 e. The van der Waals surface area contributed by atoms with E-state index in [-0.39, 0.29) is 5.91 Å². The molecule has 26 heavy (non-hydrogen) atoms. The van der Waals surface area contributed by atoms with Crippen LogP contribution >= 0.6 is 23.1 Å². The number of likely N-dealkylation sites (tertiary alicyclic amines) is 1. The molecule has 1 atom stereocenters. The monoisotopic (exact) mass is 393 g/mol. The Morgan fingerprint density at radius 1 is 1.46 bits per heavy atom. The van der Waals surface area contributed by atoms with Crippen molar-refractivity contribution in [2.45, 2.75) is 50.4 Å². The lowest BCUT2D eigenvalue weighted by atomic mass is 9.97. The van der Waals surface area contributed by atoms with Crippen molar-refractivity contribution in [3.8, 4) is 0 Å². The molecule has 3 rings (SSSR count). The van der Waals surface area contributed by atoms with E-state index in [4.69, 9.17) is 0 Å². The van der Waals surface area contributed by atoms with Crippen LogP contribution in [0.4, 0.5) is 0 Å². The topological polar surface area (TPSA) is 63.1 Å². The zero-order chi connectivity index (χ0) is 18.5. The summed E-state index contributed by atoms with van der Waals surface area (Å²) in [6, 6.07) is 4.39. The molecule has 1 amide bonds. The summed E-state index contributed by atoms with van der Waals surface area (Å²) in [4.78, 5) is 15.7. The fourth-order valence-electron chi connectivity index (χ4n) is 3.46. The molecule has 0 spiro atoms. The summed E-state index contributed by atoms with van der Waals surface area (Å²) in [5.74, 6) is 1.49. The molecule has 0 aromatic carbocycles. The van der Waals surface area contributed by atoms with Gasteiger partial charge in [0.2, 0.25) is 5.91 Å². The van der Waals surface area contributed by atoms with Gasteiger partial charge in [0.15, 0.2) is 5.16 Å². The zero-order valence-corrected chi connectivity index (χ0v) is 17.3. The van der Waals surface area contributed by atoms with E-state index < -0.39 is 0 Å². The maximum absolute atomic E-state index is 12.3. The first-order chi connectivity index (χ1) is 12.6. The highest BCUT2D eigenvalue weighted by atomic mass is 32.2. The van der Waals surface area contributed by atoms with E-state index in [1.54, 1.807) is 23.1 Å². The molecule has 0 bridgehead atoms. The first-order valence-electron chi connectivity index (χ1n) is 9.08. The molecule has 2 aromatic rings. The Kier molecular flexibility index (Phi) is 6.72. The quantitative estimate of drug-likeness (QED) is 0.732. The van der Waals surface area contributed by atoms with E-state index in [2.05, 4.69) is 38.8 Å². The van der Waals surface area contributed by atoms with Gasteiger partial charge in [-0.3, -0.25) is 9.69 Å². The first kappa shape index (κ1) is 19.4. The highest BCUT2D eigenvalue weighted by molar-refractivity contribution is 7.98. The number of hydrogen-bond acceptors (Lipinski definition) is 6. The van der Waals surface area contributed by atoms with Crippen molar-refractivity contribution in [2.75, 3.05) is 25.9 Å². The van der Waals surface area contributed by atoms with Crippen LogP contribution in [0.25, 0.3) is 0 Å². The number of aromatic nitrogens is 3. The van der Waals surface area contributed by atoms with Gasteiger partial charge >= 0.3 is 0 Å². The molecule has 1 fully saturated rings. The van der Waals surface area contributed by atoms with Crippen molar-refractivity contribution in [3.63, 3.8) is 0 Å². The Morgan fingerprint density at radius 3 is 3.00 bits per heavy atom. The molecule has 8 heteroatoms. The van der Waals surface area contributed by atoms with Gasteiger partial charge < -0.3 is 9.88 Å². The smallest absolute Gasteiger partial charge is 0.234 e. The molecular formula is C18H27N5OS2. The van der Waals surface area contributed by atoms with Crippen molar-refractivity contribution in [2.24, 2.45) is 0 Å². The molecule has 0 radical (unpaired) electrons. The Balaban J connectivity index is 1.59. The SMILES string of the molecule is CSc1nnc(C2CCCN(CC(=O)NCc3cccs3)C2)n1C(C)C. The van der Waals surface area contributed by atoms with E-state index >= 15 is 0 Å². The van der Waals surface area contributed by atoms with Crippen molar-refractivity contribution in [3.05, 3.63) is 28.2 Å². The highest BCUT2D eigenvalue weighted by Crippen LogP contribution is 2.30. The molecule has 1 aliphatic heterocycles. The molecule has 0 saturated carbocycles. The van der Waals surface area contributed by atoms with E-state index in [0.29, 0.717) is 25.0 Å². The number of thioether (sulfide) groups is 1. The standard InChI is InChI=1S/C18H27N5OS2/c1-13(2)23-17(20-21-18(23)25-3)14-6-4-8-22(11-14)12-16(24)19-10-15-7-5-9-26-15/h5,7,9,13-14H,4,6,8,10-12H2,1-3H3,(H,19,24). The van der Waals surface area contributed by atoms with Crippen molar-refractivity contribution < 1.29 is 4.79 Å². The second-order valence-corrected chi connectivity index (χ2v) is 8.74. The average Bonchev–Trinajstić information content (AvgIpc) is 3.29. The summed E-state index contributed by atoms with van der Waals surface area (Å²) in [5, 5.41) is 14.9. The number of nitrogens with one attached hydrogen (secondary N) is 1. The number of thiophene rings is 1. The van der Waals surface area contributed by atoms with Gasteiger partial charge in [-0.1, -0.05) is 17.8 Å². The van der Waals surface area contributed by atoms with Crippen LogP contribution in [0.2, 0.25) is 0 Å². The second-order valence-electron chi connectivity index (χ2n) is 6.94. The minimum Gasteiger partial charge on any atom is -0.350 e. The lowest BCUT2D eigenvalue weighted by Gasteiger charge is -2.32. The molecule has 1 saturated heterocycles. The van der Waals surface area contributed by atoms with Crippen LogP contribution < -0.4 is 5.32 Å². The van der Waals surface area contributed by atoms with Crippen molar-refractivity contribution in [1.82, 2.24) is 25.0 Å². The summed E-state index contributed by atoms with van der Waals surface area (Å²) >= 11 is 3.31. The predicted molar refractivity (Wildman–Crippen MR) is 107 cm³/mol. The van der Waals surface area contributed by atoms with Gasteiger partial charge in [-0.05, 0) is 50.9 Å². The number of rotatable bonds is 7. The van der Waals surface area contributed by atoms with Gasteiger partial charge in [0.25, 0.3) is 0 Å². The minimum atomic E-state index is 0.0918. The van der Waals surface area contributed by atoms with E-state index in [1.807, 2.05) is 23.8 Å². The fourth-order valence-corrected chi connectivity index (χ4v) is 4.73. The number of piperidine rings is 1. The third-order valence-electron chi connectivity index (χ3n) is 4.67. The van der Waals surface area contributed by atoms with Gasteiger partial charge in [0, 0.05) is 23.4 Å². The molecule has 3 heterocycles. The van der Waals surface area contributed by atoms with Crippen LogP contribution in [0.15, 0.2) is 22.7 Å². The van der Waals surface area contributed by atoms with Crippen LogP contribution in [0.3, 0.4) is 0 Å². The maximum atomic E-state index is 12.3. The Bertz CT molecular complexity index is 713. The molecule has 1 aliphatic rings. The maximum Gasteiger partial charge on any atom is 0.234 e. The van der Waals surface area contributed by atoms with Gasteiger partial charge in [-0.25, -0.2) is 0 Å². The van der Waals surface area contributed by atoms with Gasteiger partial charge in [0.05, 0.1) is 13.1 Å². The second kappa shape index (κ2) is 9.01. The number of amides is 1. The van der Waals surface area contributed by atoms with Crippen molar-refractivity contribution >= 4 is 29.0 Å². The van der Waals surface area contributed by atoms with Gasteiger partial charge in [-0.15, -0.1) is 21.5 Å². The molecule has 142 valence electrons. The van der Waals surface area contributed by atoms with Crippen LogP contribution in [-0.2, 0) is 11.3 Å². The number of nitrogens with zero attached hydrogens (tertiary/aromatic N) is 4. The van der Waals surface area contributed by atoms with Crippen LogP contribution in [-0.4, -0.2) is 51.5 Å². The van der Waals surface area contributed by atoms with Crippen molar-refractivity contribution in [1.29, 1.82) is 0 Å². The molecular weight excluding hydrogens is 366 g/mol. The van der Waals surface area contributed by atoms with Gasteiger partial charge in [-0.2, -0.15) is 0 Å². The third kappa shape index (κ3) is 4.66. The predicted octanol–water partition coefficient (Wildman–Crippen LogP) is 3.14. The molecule has 1 N–H and O–H groups in total.